The van der Waals surface area contributed by atoms with Crippen LogP contribution in [-0.2, 0) is 0 Å². The number of nitrogens with zero attached hydrogens (tertiary/aromatic N) is 1. The summed E-state index contributed by atoms with van der Waals surface area (Å²) in [6.07, 6.45) is 0. The van der Waals surface area contributed by atoms with E-state index in [1.165, 1.54) is 7.05 Å². The van der Waals surface area contributed by atoms with Crippen molar-refractivity contribution in [1.29, 1.82) is 0 Å². The van der Waals surface area contributed by atoms with Crippen LogP contribution in [0.15, 0.2) is 4.99 Å². The molecule has 0 spiro atoms. The molecule has 0 aromatic carbocycles. The Morgan fingerprint density at radius 3 is 1.75 bits per heavy atom. The van der Waals surface area contributed by atoms with E-state index < -0.39 is 0 Å². The second-order valence-corrected chi connectivity index (χ2v) is 0.258. The minimum atomic E-state index is 0. The Labute approximate surface area is 68.9 Å². The van der Waals surface area contributed by atoms with E-state index in [1.54, 1.807) is 0 Å². The molecular weight excluding hydrogens is 77.1 g/mol. The molecule has 0 aliphatic carbocycles. The topological polar surface area (TPSA) is 12.4 Å². The fourth-order valence-electron chi connectivity index (χ4n) is 0. The van der Waals surface area contributed by atoms with Gasteiger partial charge in [-0.25, -0.2) is 0 Å². The van der Waals surface area contributed by atoms with Gasteiger partial charge in [-0.3, -0.25) is 0 Å². The van der Waals surface area contributed by atoms with Gasteiger partial charge in [-0.1, -0.05) is 0 Å². The summed E-state index contributed by atoms with van der Waals surface area (Å²) in [6, 6.07) is 0. The number of aliphatic imine (C=N–C) groups is 1. The predicted molar refractivity (Wildman–Crippen MR) is 14.4 cm³/mol. The van der Waals surface area contributed by atoms with Crippen LogP contribution in [0.25, 0.3) is 0 Å². The molecule has 1 nitrogen and oxygen atoms in total. The van der Waals surface area contributed by atoms with Crippen molar-refractivity contribution >= 4 is 6.72 Å². The van der Waals surface area contributed by atoms with E-state index in [4.69, 9.17) is 0 Å². The Morgan fingerprint density at radius 2 is 1.75 bits per heavy atom. The molecular formula is C2H4KN. The Balaban J connectivity index is 0. The van der Waals surface area contributed by atoms with Crippen LogP contribution in [0, 0.1) is 0 Å². The van der Waals surface area contributed by atoms with Gasteiger partial charge in [0.2, 0.25) is 0 Å². The third kappa shape index (κ3) is 10.3. The zero-order valence-electron chi connectivity index (χ0n) is 3.02. The summed E-state index contributed by atoms with van der Waals surface area (Å²) < 4.78 is 0. The molecule has 0 radical (unpaired) electrons. The SMILES string of the molecule is [CH-]=NC.[K+]. The minimum absolute atomic E-state index is 0. The Morgan fingerprint density at radius 1 is 1.75 bits per heavy atom. The summed E-state index contributed by atoms with van der Waals surface area (Å²) in [5.41, 5.74) is 0. The minimum Gasteiger partial charge on any atom is -0.509 e. The molecule has 0 aliphatic heterocycles. The zero-order chi connectivity index (χ0) is 2.71. The maximum atomic E-state index is 4.47. The fourth-order valence-corrected chi connectivity index (χ4v) is 0. The molecule has 0 unspecified atom stereocenters. The van der Waals surface area contributed by atoms with Gasteiger partial charge in [0.15, 0.2) is 0 Å². The van der Waals surface area contributed by atoms with Crippen LogP contribution >= 0.6 is 0 Å². The van der Waals surface area contributed by atoms with E-state index in [1.807, 2.05) is 0 Å². The number of hydrogen-bond donors (Lipinski definition) is 0. The van der Waals surface area contributed by atoms with Gasteiger partial charge in [0.05, 0.1) is 0 Å². The van der Waals surface area contributed by atoms with E-state index in [2.05, 4.69) is 11.7 Å². The van der Waals surface area contributed by atoms with Gasteiger partial charge in [0, 0.05) is 0 Å². The third-order valence-electron chi connectivity index (χ3n) is 0. The first-order valence-corrected chi connectivity index (χ1v) is 0.705. The molecule has 0 bridgehead atoms. The third-order valence-corrected chi connectivity index (χ3v) is 0. The van der Waals surface area contributed by atoms with E-state index in [9.17, 15) is 0 Å². The van der Waals surface area contributed by atoms with Crippen LogP contribution in [0.2, 0.25) is 0 Å². The monoisotopic (exact) mass is 81.0 g/mol. The van der Waals surface area contributed by atoms with Gasteiger partial charge in [-0.15, -0.1) is 0 Å². The molecule has 0 aromatic rings. The number of hydrogen-bond acceptors (Lipinski definition) is 1. The van der Waals surface area contributed by atoms with Gasteiger partial charge < -0.3 is 11.7 Å². The molecule has 4 heavy (non-hydrogen) atoms. The second kappa shape index (κ2) is 8.85. The molecule has 0 fully saturated rings. The van der Waals surface area contributed by atoms with Crippen molar-refractivity contribution in [3.05, 3.63) is 0 Å². The van der Waals surface area contributed by atoms with Crippen molar-refractivity contribution in [3.8, 4) is 0 Å². The first-order chi connectivity index (χ1) is 1.41. The summed E-state index contributed by atoms with van der Waals surface area (Å²) in [4.78, 5) is 3.00. The van der Waals surface area contributed by atoms with Crippen molar-refractivity contribution in [1.82, 2.24) is 0 Å². The van der Waals surface area contributed by atoms with Crippen molar-refractivity contribution in [3.63, 3.8) is 0 Å². The quantitative estimate of drug-likeness (QED) is 0.170. The van der Waals surface area contributed by atoms with Crippen molar-refractivity contribution in [2.75, 3.05) is 7.05 Å². The Kier molecular flexibility index (Phi) is 19.9. The first kappa shape index (κ1) is 9.00. The van der Waals surface area contributed by atoms with Gasteiger partial charge in [-0.2, -0.15) is 0 Å². The van der Waals surface area contributed by atoms with Gasteiger partial charge in [-0.05, 0) is 7.05 Å². The zero-order valence-corrected chi connectivity index (χ0v) is 6.15. The Hall–Kier alpha value is 1.31. The molecule has 0 aromatic heterocycles. The van der Waals surface area contributed by atoms with Crippen LogP contribution in [0.3, 0.4) is 0 Å². The van der Waals surface area contributed by atoms with Gasteiger partial charge in [0.25, 0.3) is 0 Å². The van der Waals surface area contributed by atoms with Crippen LogP contribution in [0.5, 0.6) is 0 Å². The normalized spacial score (nSPS) is 3.25. The molecule has 0 N–H and O–H groups in total. The molecule has 0 amide bonds. The molecule has 0 heterocycles. The largest absolute Gasteiger partial charge is 1.00 e. The molecule has 0 aliphatic rings. The number of rotatable bonds is 0. The molecule has 0 atom stereocenters. The van der Waals surface area contributed by atoms with E-state index in [0.29, 0.717) is 0 Å². The van der Waals surface area contributed by atoms with Crippen LogP contribution in [0.4, 0.5) is 0 Å². The van der Waals surface area contributed by atoms with Crippen LogP contribution < -0.4 is 51.4 Å². The smallest absolute Gasteiger partial charge is 0.509 e. The molecule has 2 heteroatoms. The first-order valence-electron chi connectivity index (χ1n) is 0.705. The standard InChI is InChI=1S/C2H4N.K/c1-3-2;/h1H,2H3;/q-1;+1. The second-order valence-electron chi connectivity index (χ2n) is 0.258. The average molecular weight is 81.2 g/mol. The van der Waals surface area contributed by atoms with Crippen molar-refractivity contribution < 1.29 is 51.4 Å². The summed E-state index contributed by atoms with van der Waals surface area (Å²) in [7, 11) is 1.53. The van der Waals surface area contributed by atoms with Gasteiger partial charge in [0.1, 0.15) is 0 Å². The van der Waals surface area contributed by atoms with E-state index in [0.717, 1.165) is 0 Å². The molecule has 18 valence electrons. The van der Waals surface area contributed by atoms with Crippen LogP contribution in [-0.4, -0.2) is 13.8 Å². The maximum Gasteiger partial charge on any atom is 1.00 e. The van der Waals surface area contributed by atoms with Crippen molar-refractivity contribution in [2.45, 2.75) is 0 Å². The summed E-state index contributed by atoms with van der Waals surface area (Å²) >= 11 is 0. The van der Waals surface area contributed by atoms with E-state index >= 15 is 0 Å². The molecule has 0 saturated carbocycles. The fraction of sp³-hybridized carbons (Fsp3) is 0.500. The Bertz CT molecular complexity index is 13.5. The van der Waals surface area contributed by atoms with E-state index in [-0.39, 0.29) is 51.4 Å². The van der Waals surface area contributed by atoms with Crippen molar-refractivity contribution in [2.24, 2.45) is 4.99 Å². The molecule has 0 saturated heterocycles. The average Bonchev–Trinajstić information content (AvgIpc) is 0.918. The summed E-state index contributed by atoms with van der Waals surface area (Å²) in [5, 5.41) is 0. The van der Waals surface area contributed by atoms with Gasteiger partial charge >= 0.3 is 51.4 Å². The predicted octanol–water partition coefficient (Wildman–Crippen LogP) is -2.80. The summed E-state index contributed by atoms with van der Waals surface area (Å²) in [5.74, 6) is 0. The maximum absolute atomic E-state index is 4.47. The van der Waals surface area contributed by atoms with Crippen LogP contribution in [0.1, 0.15) is 0 Å². The molecule has 0 rings (SSSR count). The summed E-state index contributed by atoms with van der Waals surface area (Å²) in [6.45, 7) is 4.47.